The number of rotatable bonds is 2. The summed E-state index contributed by atoms with van der Waals surface area (Å²) in [7, 11) is 0. The number of hydrogen-bond acceptors (Lipinski definition) is 3. The van der Waals surface area contributed by atoms with Gasteiger partial charge in [0.15, 0.2) is 5.82 Å². The molecule has 3 heterocycles. The van der Waals surface area contributed by atoms with Crippen molar-refractivity contribution in [3.8, 4) is 10.7 Å². The smallest absolute Gasteiger partial charge is 0.345 e. The Labute approximate surface area is 107 Å². The Hall–Kier alpha value is -2.14. The molecule has 0 aromatic carbocycles. The molecule has 5 heteroatoms. The van der Waals surface area contributed by atoms with Gasteiger partial charge in [0.2, 0.25) is 0 Å². The van der Waals surface area contributed by atoms with Crippen LogP contribution in [0.2, 0.25) is 0 Å². The van der Waals surface area contributed by atoms with Gasteiger partial charge in [-0.15, -0.1) is 11.3 Å². The van der Waals surface area contributed by atoms with Crippen LogP contribution in [0.4, 0.5) is 0 Å². The highest BCUT2D eigenvalue weighted by molar-refractivity contribution is 7.17. The highest BCUT2D eigenvalue weighted by atomic mass is 32.1. The maximum absolute atomic E-state index is 10.9. The van der Waals surface area contributed by atoms with Crippen molar-refractivity contribution in [1.29, 1.82) is 0 Å². The van der Waals surface area contributed by atoms with Crippen LogP contribution >= 0.6 is 11.3 Å². The summed E-state index contributed by atoms with van der Waals surface area (Å²) in [6.45, 7) is 1.95. The Morgan fingerprint density at radius 3 is 2.89 bits per heavy atom. The van der Waals surface area contributed by atoms with E-state index in [1.807, 2.05) is 35.7 Å². The van der Waals surface area contributed by atoms with Crippen LogP contribution < -0.4 is 0 Å². The topological polar surface area (TPSA) is 54.6 Å². The Kier molecular flexibility index (Phi) is 2.41. The van der Waals surface area contributed by atoms with Gasteiger partial charge in [0, 0.05) is 6.20 Å². The number of carboxylic acid groups (broad SMARTS) is 1. The first kappa shape index (κ1) is 11.0. The number of aromatic nitrogens is 2. The number of imidazole rings is 1. The van der Waals surface area contributed by atoms with Crippen molar-refractivity contribution >= 4 is 22.8 Å². The number of nitrogens with zero attached hydrogens (tertiary/aromatic N) is 2. The minimum absolute atomic E-state index is 0.329. The van der Waals surface area contributed by atoms with Crippen molar-refractivity contribution in [1.82, 2.24) is 9.38 Å². The highest BCUT2D eigenvalue weighted by Gasteiger charge is 2.13. The summed E-state index contributed by atoms with van der Waals surface area (Å²) in [6, 6.07) is 9.31. The number of aryl methyl sites for hydroxylation is 1. The van der Waals surface area contributed by atoms with Crippen molar-refractivity contribution in [2.75, 3.05) is 0 Å². The number of pyridine rings is 1. The van der Waals surface area contributed by atoms with Crippen molar-refractivity contribution in [3.05, 3.63) is 47.1 Å². The lowest BCUT2D eigenvalue weighted by atomic mass is 10.3. The third kappa shape index (κ3) is 1.60. The van der Waals surface area contributed by atoms with Crippen LogP contribution in [0.25, 0.3) is 16.2 Å². The van der Waals surface area contributed by atoms with Crippen LogP contribution in [-0.4, -0.2) is 20.5 Å². The van der Waals surface area contributed by atoms with Gasteiger partial charge in [0.25, 0.3) is 0 Å². The summed E-state index contributed by atoms with van der Waals surface area (Å²) in [5.74, 6) is -0.107. The van der Waals surface area contributed by atoms with E-state index in [1.165, 1.54) is 11.3 Å². The molecule has 4 nitrogen and oxygen atoms in total. The largest absolute Gasteiger partial charge is 0.477 e. The lowest BCUT2D eigenvalue weighted by Crippen LogP contribution is -1.89. The molecule has 0 aliphatic carbocycles. The Balaban J connectivity index is 2.22. The molecule has 1 N–H and O–H groups in total. The van der Waals surface area contributed by atoms with E-state index in [0.717, 1.165) is 21.9 Å². The van der Waals surface area contributed by atoms with Gasteiger partial charge < -0.3 is 5.11 Å². The predicted octanol–water partition coefficient (Wildman–Crippen LogP) is 3.07. The molecule has 0 aliphatic heterocycles. The molecule has 3 aromatic rings. The fourth-order valence-electron chi connectivity index (χ4n) is 1.94. The lowest BCUT2D eigenvalue weighted by Gasteiger charge is -1.97. The summed E-state index contributed by atoms with van der Waals surface area (Å²) in [5.41, 5.74) is 1.98. The number of carboxylic acids is 1. The van der Waals surface area contributed by atoms with Gasteiger partial charge in [-0.1, -0.05) is 6.07 Å². The molecule has 0 atom stereocenters. The number of fused-ring (bicyclic) bond motifs is 1. The van der Waals surface area contributed by atoms with Gasteiger partial charge in [-0.3, -0.25) is 4.40 Å². The van der Waals surface area contributed by atoms with Gasteiger partial charge in [-0.2, -0.15) is 0 Å². The van der Waals surface area contributed by atoms with Crippen molar-refractivity contribution in [2.24, 2.45) is 0 Å². The highest BCUT2D eigenvalue weighted by Crippen LogP contribution is 2.29. The van der Waals surface area contributed by atoms with Gasteiger partial charge in [-0.25, -0.2) is 9.78 Å². The van der Waals surface area contributed by atoms with E-state index in [0.29, 0.717) is 4.88 Å². The van der Waals surface area contributed by atoms with E-state index < -0.39 is 5.97 Å². The van der Waals surface area contributed by atoms with E-state index in [-0.39, 0.29) is 0 Å². The predicted molar refractivity (Wildman–Crippen MR) is 70.2 cm³/mol. The van der Waals surface area contributed by atoms with Gasteiger partial charge >= 0.3 is 5.97 Å². The van der Waals surface area contributed by atoms with Crippen LogP contribution in [-0.2, 0) is 0 Å². The standard InChI is InChI=1S/C13H10N2O2S/c1-8-9-4-2-3-7-15(9)12(14-8)10-5-6-11(18-10)13(16)17/h2-7H,1H3,(H,16,17). The number of thiophene rings is 1. The molecule has 0 amide bonds. The molecule has 0 unspecified atom stereocenters. The molecular weight excluding hydrogens is 248 g/mol. The van der Waals surface area contributed by atoms with E-state index in [4.69, 9.17) is 5.11 Å². The van der Waals surface area contributed by atoms with Crippen molar-refractivity contribution < 1.29 is 9.90 Å². The van der Waals surface area contributed by atoms with Crippen LogP contribution in [0.1, 0.15) is 15.4 Å². The van der Waals surface area contributed by atoms with Crippen LogP contribution in [0.5, 0.6) is 0 Å². The molecule has 3 rings (SSSR count). The second-order valence-electron chi connectivity index (χ2n) is 3.95. The summed E-state index contributed by atoms with van der Waals surface area (Å²) < 4.78 is 1.98. The number of hydrogen-bond donors (Lipinski definition) is 1. The second kappa shape index (κ2) is 3.96. The maximum Gasteiger partial charge on any atom is 0.345 e. The number of aromatic carboxylic acids is 1. The molecule has 0 saturated carbocycles. The zero-order valence-electron chi connectivity index (χ0n) is 9.62. The minimum Gasteiger partial charge on any atom is -0.477 e. The van der Waals surface area contributed by atoms with E-state index in [9.17, 15) is 4.79 Å². The van der Waals surface area contributed by atoms with Gasteiger partial charge in [0.1, 0.15) is 4.88 Å². The fourth-order valence-corrected chi connectivity index (χ4v) is 2.77. The van der Waals surface area contributed by atoms with Gasteiger partial charge in [-0.05, 0) is 31.2 Å². The fraction of sp³-hybridized carbons (Fsp3) is 0.0769. The molecule has 0 saturated heterocycles. The quantitative estimate of drug-likeness (QED) is 0.768. The average molecular weight is 258 g/mol. The second-order valence-corrected chi connectivity index (χ2v) is 5.03. The maximum atomic E-state index is 10.9. The third-order valence-electron chi connectivity index (χ3n) is 2.77. The molecule has 3 aromatic heterocycles. The molecule has 0 fully saturated rings. The zero-order chi connectivity index (χ0) is 12.7. The SMILES string of the molecule is Cc1nc(-c2ccc(C(=O)O)s2)n2ccccc12. The van der Waals surface area contributed by atoms with Crippen LogP contribution in [0, 0.1) is 6.92 Å². The third-order valence-corrected chi connectivity index (χ3v) is 3.84. The molecular formula is C13H10N2O2S. The molecule has 0 spiro atoms. The normalized spacial score (nSPS) is 10.9. The Morgan fingerprint density at radius 1 is 1.33 bits per heavy atom. The summed E-state index contributed by atoms with van der Waals surface area (Å²) in [6.07, 6.45) is 1.94. The first-order valence-corrected chi connectivity index (χ1v) is 6.25. The van der Waals surface area contributed by atoms with Crippen molar-refractivity contribution in [2.45, 2.75) is 6.92 Å². The zero-order valence-corrected chi connectivity index (χ0v) is 10.4. The lowest BCUT2D eigenvalue weighted by molar-refractivity contribution is 0.0702. The monoisotopic (exact) mass is 258 g/mol. The van der Waals surface area contributed by atoms with E-state index in [2.05, 4.69) is 4.98 Å². The molecule has 0 bridgehead atoms. The van der Waals surface area contributed by atoms with Crippen molar-refractivity contribution in [3.63, 3.8) is 0 Å². The van der Waals surface area contributed by atoms with E-state index >= 15 is 0 Å². The summed E-state index contributed by atoms with van der Waals surface area (Å²) in [5, 5.41) is 8.95. The van der Waals surface area contributed by atoms with Gasteiger partial charge in [0.05, 0.1) is 16.1 Å². The summed E-state index contributed by atoms with van der Waals surface area (Å²) in [4.78, 5) is 16.6. The average Bonchev–Trinajstić information content (AvgIpc) is 2.95. The molecule has 18 heavy (non-hydrogen) atoms. The minimum atomic E-state index is -0.899. The molecule has 0 aliphatic rings. The molecule has 90 valence electrons. The van der Waals surface area contributed by atoms with Crippen LogP contribution in [0.3, 0.4) is 0 Å². The Morgan fingerprint density at radius 2 is 2.17 bits per heavy atom. The van der Waals surface area contributed by atoms with Crippen LogP contribution in [0.15, 0.2) is 36.5 Å². The Bertz CT molecular complexity index is 742. The molecule has 0 radical (unpaired) electrons. The van der Waals surface area contributed by atoms with E-state index in [1.54, 1.807) is 12.1 Å². The first-order chi connectivity index (χ1) is 8.66. The number of carbonyl (C=O) groups is 1. The summed E-state index contributed by atoms with van der Waals surface area (Å²) >= 11 is 1.24. The first-order valence-electron chi connectivity index (χ1n) is 5.44.